The van der Waals surface area contributed by atoms with Gasteiger partial charge in [-0.2, -0.15) is 0 Å². The molecule has 2 aromatic heterocycles. The minimum atomic E-state index is -0.280. The maximum Gasteiger partial charge on any atom is 0.237 e. The first-order valence-electron chi connectivity index (χ1n) is 8.95. The van der Waals surface area contributed by atoms with Gasteiger partial charge in [0.25, 0.3) is 0 Å². The average Bonchev–Trinajstić information content (AvgIpc) is 3.16. The van der Waals surface area contributed by atoms with Gasteiger partial charge in [-0.15, -0.1) is 11.3 Å². The molecule has 4 aromatic rings. The van der Waals surface area contributed by atoms with Gasteiger partial charge in [-0.3, -0.25) is 4.79 Å². The Morgan fingerprint density at radius 1 is 1.07 bits per heavy atom. The van der Waals surface area contributed by atoms with Gasteiger partial charge in [-0.05, 0) is 37.1 Å². The Bertz CT molecular complexity index is 1130. The molecule has 2 heterocycles. The number of fused-ring (bicyclic) bond motifs is 1. The van der Waals surface area contributed by atoms with Gasteiger partial charge >= 0.3 is 0 Å². The molecule has 0 saturated carbocycles. The van der Waals surface area contributed by atoms with Crippen LogP contribution in [0, 0.1) is 6.92 Å². The maximum absolute atomic E-state index is 12.7. The first-order valence-corrected chi connectivity index (χ1v) is 10.6. The molecule has 0 unspecified atom stereocenters. The van der Waals surface area contributed by atoms with E-state index < -0.39 is 0 Å². The van der Waals surface area contributed by atoms with Crippen LogP contribution in [-0.2, 0) is 4.79 Å². The number of amides is 1. The first-order chi connectivity index (χ1) is 13.6. The van der Waals surface area contributed by atoms with E-state index in [0.717, 1.165) is 36.9 Å². The molecule has 0 radical (unpaired) electrons. The lowest BCUT2D eigenvalue weighted by atomic mass is 10.2. The number of nitrogens with zero attached hydrogens (tertiary/aromatic N) is 2. The molecule has 0 aliphatic heterocycles. The molecule has 6 heteroatoms. The van der Waals surface area contributed by atoms with Crippen molar-refractivity contribution in [2.24, 2.45) is 0 Å². The molecule has 1 amide bonds. The van der Waals surface area contributed by atoms with Crippen molar-refractivity contribution in [3.05, 3.63) is 72.6 Å². The second-order valence-corrected chi connectivity index (χ2v) is 8.80. The third kappa shape index (κ3) is 3.93. The average molecular weight is 406 g/mol. The summed E-state index contributed by atoms with van der Waals surface area (Å²) in [5.74, 6) is -0.0374. The highest BCUT2D eigenvalue weighted by atomic mass is 32.2. The number of hydrogen-bond acceptors (Lipinski definition) is 5. The lowest BCUT2D eigenvalue weighted by Crippen LogP contribution is -2.22. The van der Waals surface area contributed by atoms with E-state index in [-0.39, 0.29) is 11.2 Å². The predicted molar refractivity (Wildman–Crippen MR) is 118 cm³/mol. The summed E-state index contributed by atoms with van der Waals surface area (Å²) in [5.41, 5.74) is 3.05. The number of para-hydroxylation sites is 1. The summed E-state index contributed by atoms with van der Waals surface area (Å²) in [4.78, 5) is 23.6. The Balaban J connectivity index is 1.56. The monoisotopic (exact) mass is 405 g/mol. The van der Waals surface area contributed by atoms with Crippen molar-refractivity contribution >= 4 is 44.9 Å². The van der Waals surface area contributed by atoms with E-state index in [1.807, 2.05) is 56.3 Å². The fourth-order valence-electron chi connectivity index (χ4n) is 2.84. The molecule has 0 fully saturated rings. The smallest absolute Gasteiger partial charge is 0.237 e. The van der Waals surface area contributed by atoms with E-state index in [1.165, 1.54) is 11.8 Å². The summed E-state index contributed by atoms with van der Waals surface area (Å²) in [7, 11) is 0. The van der Waals surface area contributed by atoms with Crippen molar-refractivity contribution in [3.63, 3.8) is 0 Å². The zero-order valence-corrected chi connectivity index (χ0v) is 17.2. The highest BCUT2D eigenvalue weighted by Gasteiger charge is 2.19. The van der Waals surface area contributed by atoms with Crippen LogP contribution in [0.5, 0.6) is 0 Å². The first kappa shape index (κ1) is 18.7. The fourth-order valence-corrected chi connectivity index (χ4v) is 4.80. The molecule has 2 aromatic carbocycles. The number of aromatic nitrogens is 2. The lowest BCUT2D eigenvalue weighted by molar-refractivity contribution is -0.115. The summed E-state index contributed by atoms with van der Waals surface area (Å²) in [6, 6.07) is 20.1. The molecular formula is C22H19N3OS2. The third-order valence-corrected chi connectivity index (χ3v) is 6.62. The number of thioether (sulfide) groups is 1. The Labute approximate surface area is 172 Å². The van der Waals surface area contributed by atoms with E-state index in [1.54, 1.807) is 17.7 Å². The Morgan fingerprint density at radius 2 is 1.82 bits per heavy atom. The van der Waals surface area contributed by atoms with Crippen LogP contribution in [0.2, 0.25) is 0 Å². The van der Waals surface area contributed by atoms with Gasteiger partial charge in [0.05, 0.1) is 5.25 Å². The molecular weight excluding hydrogens is 386 g/mol. The van der Waals surface area contributed by atoms with Gasteiger partial charge in [0.2, 0.25) is 5.91 Å². The SMILES string of the molecule is Cc1ccccc1NC(=O)[C@@H](C)Sc1ncnc2sc(-c3ccccc3)cc12. The summed E-state index contributed by atoms with van der Waals surface area (Å²) < 4.78 is 0. The highest BCUT2D eigenvalue weighted by Crippen LogP contribution is 2.37. The second kappa shape index (κ2) is 8.12. The largest absolute Gasteiger partial charge is 0.325 e. The van der Waals surface area contributed by atoms with Crippen LogP contribution >= 0.6 is 23.1 Å². The second-order valence-electron chi connectivity index (χ2n) is 6.44. The van der Waals surface area contributed by atoms with E-state index in [4.69, 9.17) is 0 Å². The molecule has 4 rings (SSSR count). The van der Waals surface area contributed by atoms with Crippen molar-refractivity contribution in [2.45, 2.75) is 24.1 Å². The van der Waals surface area contributed by atoms with Crippen LogP contribution in [-0.4, -0.2) is 21.1 Å². The van der Waals surface area contributed by atoms with Gasteiger partial charge in [-0.1, -0.05) is 60.3 Å². The molecule has 4 nitrogen and oxygen atoms in total. The van der Waals surface area contributed by atoms with Gasteiger partial charge in [0, 0.05) is 16.0 Å². The fraction of sp³-hybridized carbons (Fsp3) is 0.136. The zero-order chi connectivity index (χ0) is 19.5. The summed E-state index contributed by atoms with van der Waals surface area (Å²) >= 11 is 3.10. The summed E-state index contributed by atoms with van der Waals surface area (Å²) in [6.45, 7) is 3.88. The van der Waals surface area contributed by atoms with Crippen molar-refractivity contribution in [1.82, 2.24) is 9.97 Å². The van der Waals surface area contributed by atoms with Crippen molar-refractivity contribution in [1.29, 1.82) is 0 Å². The summed E-state index contributed by atoms with van der Waals surface area (Å²) in [6.07, 6.45) is 1.57. The minimum Gasteiger partial charge on any atom is -0.325 e. The van der Waals surface area contributed by atoms with Crippen LogP contribution < -0.4 is 5.32 Å². The molecule has 140 valence electrons. The van der Waals surface area contributed by atoms with Gasteiger partial charge in [0.15, 0.2) is 0 Å². The molecule has 28 heavy (non-hydrogen) atoms. The predicted octanol–water partition coefficient (Wildman–Crippen LogP) is 5.79. The van der Waals surface area contributed by atoms with Gasteiger partial charge in [-0.25, -0.2) is 9.97 Å². The van der Waals surface area contributed by atoms with Crippen LogP contribution in [0.15, 0.2) is 72.0 Å². The number of rotatable bonds is 5. The zero-order valence-electron chi connectivity index (χ0n) is 15.5. The Kier molecular flexibility index (Phi) is 5.41. The van der Waals surface area contributed by atoms with E-state index in [9.17, 15) is 4.79 Å². The van der Waals surface area contributed by atoms with E-state index in [0.29, 0.717) is 0 Å². The van der Waals surface area contributed by atoms with E-state index in [2.05, 4.69) is 33.5 Å². The normalized spacial score (nSPS) is 12.1. The number of anilines is 1. The Hall–Kier alpha value is -2.70. The number of carbonyl (C=O) groups is 1. The molecule has 0 spiro atoms. The van der Waals surface area contributed by atoms with Crippen molar-refractivity contribution in [3.8, 4) is 10.4 Å². The standard InChI is InChI=1S/C22H19N3OS2/c1-14-8-6-7-11-18(14)25-20(26)15(2)27-21-17-12-19(16-9-4-3-5-10-16)28-22(17)24-13-23-21/h3-13,15H,1-2H3,(H,25,26)/t15-/m1/s1. The number of nitrogens with one attached hydrogen (secondary N) is 1. The van der Waals surface area contributed by atoms with Crippen LogP contribution in [0.25, 0.3) is 20.7 Å². The quantitative estimate of drug-likeness (QED) is 0.337. The van der Waals surface area contributed by atoms with Crippen LogP contribution in [0.1, 0.15) is 12.5 Å². The number of carbonyl (C=O) groups excluding carboxylic acids is 1. The number of aryl methyl sites for hydroxylation is 1. The van der Waals surface area contributed by atoms with Crippen molar-refractivity contribution < 1.29 is 4.79 Å². The van der Waals surface area contributed by atoms with Crippen LogP contribution in [0.3, 0.4) is 0 Å². The summed E-state index contributed by atoms with van der Waals surface area (Å²) in [5, 5.41) is 4.55. The number of hydrogen-bond donors (Lipinski definition) is 1. The number of thiophene rings is 1. The van der Waals surface area contributed by atoms with Gasteiger partial charge < -0.3 is 5.32 Å². The van der Waals surface area contributed by atoms with Crippen LogP contribution in [0.4, 0.5) is 5.69 Å². The number of benzene rings is 2. The minimum absolute atomic E-state index is 0.0374. The molecule has 0 saturated heterocycles. The topological polar surface area (TPSA) is 54.9 Å². The molecule has 1 atom stereocenters. The Morgan fingerprint density at radius 3 is 2.61 bits per heavy atom. The lowest BCUT2D eigenvalue weighted by Gasteiger charge is -2.13. The van der Waals surface area contributed by atoms with E-state index >= 15 is 0 Å². The third-order valence-electron chi connectivity index (χ3n) is 4.41. The molecule has 0 bridgehead atoms. The van der Waals surface area contributed by atoms with Gasteiger partial charge in [0.1, 0.15) is 16.2 Å². The van der Waals surface area contributed by atoms with Crippen molar-refractivity contribution in [2.75, 3.05) is 5.32 Å². The highest BCUT2D eigenvalue weighted by molar-refractivity contribution is 8.00. The molecule has 0 aliphatic carbocycles. The molecule has 1 N–H and O–H groups in total. The maximum atomic E-state index is 12.7. The molecule has 0 aliphatic rings.